The molecule has 2 aromatic rings. The number of nitrogens with one attached hydrogen (secondary N) is 1. The van der Waals surface area contributed by atoms with Crippen LogP contribution in [0.4, 0.5) is 5.82 Å². The summed E-state index contributed by atoms with van der Waals surface area (Å²) in [6.07, 6.45) is 0. The van der Waals surface area contributed by atoms with Crippen molar-refractivity contribution < 1.29 is 0 Å². The van der Waals surface area contributed by atoms with Crippen molar-refractivity contribution in [2.24, 2.45) is 5.41 Å². The first kappa shape index (κ1) is 14.8. The zero-order valence-electron chi connectivity index (χ0n) is 13.2. The molecule has 0 unspecified atom stereocenters. The molecule has 1 aromatic heterocycles. The van der Waals surface area contributed by atoms with Crippen LogP contribution in [0.25, 0.3) is 10.8 Å². The largest absolute Gasteiger partial charge is 0.359 e. The van der Waals surface area contributed by atoms with E-state index in [0.29, 0.717) is 0 Å². The second-order valence-corrected chi connectivity index (χ2v) is 6.61. The molecule has 20 heavy (non-hydrogen) atoms. The molecule has 0 aliphatic heterocycles. The molecule has 3 nitrogen and oxygen atoms in total. The molecule has 0 spiro atoms. The highest BCUT2D eigenvalue weighted by atomic mass is 15.2. The summed E-state index contributed by atoms with van der Waals surface area (Å²) in [4.78, 5) is 7.10. The SMILES string of the molecule is CNCc1cc2ccccc2c(N(C)CC(C)(C)C)n1. The van der Waals surface area contributed by atoms with Crippen LogP contribution < -0.4 is 10.2 Å². The fraction of sp³-hybridized carbons (Fsp3) is 0.471. The highest BCUT2D eigenvalue weighted by Gasteiger charge is 2.17. The Balaban J connectivity index is 2.49. The summed E-state index contributed by atoms with van der Waals surface area (Å²) in [7, 11) is 4.08. The van der Waals surface area contributed by atoms with E-state index in [9.17, 15) is 0 Å². The van der Waals surface area contributed by atoms with E-state index in [1.165, 1.54) is 10.8 Å². The summed E-state index contributed by atoms with van der Waals surface area (Å²) >= 11 is 0. The third kappa shape index (κ3) is 3.48. The molecule has 108 valence electrons. The second kappa shape index (κ2) is 5.80. The Hall–Kier alpha value is -1.61. The first-order valence-corrected chi connectivity index (χ1v) is 7.15. The lowest BCUT2D eigenvalue weighted by Gasteiger charge is -2.28. The Labute approximate surface area is 122 Å². The Kier molecular flexibility index (Phi) is 4.29. The number of aromatic nitrogens is 1. The quantitative estimate of drug-likeness (QED) is 0.923. The Morgan fingerprint density at radius 3 is 2.55 bits per heavy atom. The fourth-order valence-electron chi connectivity index (χ4n) is 2.58. The van der Waals surface area contributed by atoms with Crippen molar-refractivity contribution in [3.05, 3.63) is 36.0 Å². The third-order valence-corrected chi connectivity index (χ3v) is 3.20. The van der Waals surface area contributed by atoms with Crippen LogP contribution in [0.1, 0.15) is 26.5 Å². The third-order valence-electron chi connectivity index (χ3n) is 3.20. The first-order valence-electron chi connectivity index (χ1n) is 7.15. The van der Waals surface area contributed by atoms with Crippen molar-refractivity contribution in [1.82, 2.24) is 10.3 Å². The molecule has 1 heterocycles. The van der Waals surface area contributed by atoms with Gasteiger partial charge in [-0.25, -0.2) is 4.98 Å². The molecular weight excluding hydrogens is 246 g/mol. The molecule has 1 aromatic carbocycles. The van der Waals surface area contributed by atoms with E-state index in [2.05, 4.69) is 68.4 Å². The van der Waals surface area contributed by atoms with Crippen LogP contribution in [0, 0.1) is 5.41 Å². The highest BCUT2D eigenvalue weighted by molar-refractivity contribution is 5.92. The van der Waals surface area contributed by atoms with Crippen molar-refractivity contribution in [3.8, 4) is 0 Å². The van der Waals surface area contributed by atoms with Gasteiger partial charge in [-0.3, -0.25) is 0 Å². The van der Waals surface area contributed by atoms with Gasteiger partial charge >= 0.3 is 0 Å². The van der Waals surface area contributed by atoms with E-state index in [1.807, 2.05) is 7.05 Å². The van der Waals surface area contributed by atoms with Gasteiger partial charge < -0.3 is 10.2 Å². The maximum absolute atomic E-state index is 4.84. The average molecular weight is 271 g/mol. The van der Waals surface area contributed by atoms with E-state index in [0.717, 1.165) is 24.6 Å². The first-order chi connectivity index (χ1) is 9.40. The number of pyridine rings is 1. The van der Waals surface area contributed by atoms with Crippen molar-refractivity contribution in [2.45, 2.75) is 27.3 Å². The number of fused-ring (bicyclic) bond motifs is 1. The van der Waals surface area contributed by atoms with Gasteiger partial charge in [0.25, 0.3) is 0 Å². The molecule has 2 rings (SSSR count). The number of nitrogens with zero attached hydrogens (tertiary/aromatic N) is 2. The van der Waals surface area contributed by atoms with Crippen LogP contribution in [0.15, 0.2) is 30.3 Å². The molecule has 1 N–H and O–H groups in total. The summed E-state index contributed by atoms with van der Waals surface area (Å²) < 4.78 is 0. The monoisotopic (exact) mass is 271 g/mol. The van der Waals surface area contributed by atoms with Crippen LogP contribution in [0.5, 0.6) is 0 Å². The van der Waals surface area contributed by atoms with Crippen LogP contribution in [-0.2, 0) is 6.54 Å². The number of hydrogen-bond donors (Lipinski definition) is 1. The number of rotatable bonds is 4. The van der Waals surface area contributed by atoms with Crippen LogP contribution in [0.2, 0.25) is 0 Å². The van der Waals surface area contributed by atoms with E-state index < -0.39 is 0 Å². The molecular formula is C17H25N3. The van der Waals surface area contributed by atoms with Gasteiger partial charge in [0.1, 0.15) is 5.82 Å². The normalized spacial score (nSPS) is 11.8. The van der Waals surface area contributed by atoms with E-state index in [1.54, 1.807) is 0 Å². The van der Waals surface area contributed by atoms with Gasteiger partial charge in [-0.1, -0.05) is 45.0 Å². The minimum absolute atomic E-state index is 0.247. The predicted octanol–water partition coefficient (Wildman–Crippen LogP) is 3.44. The summed E-state index contributed by atoms with van der Waals surface area (Å²) in [6.45, 7) is 8.53. The zero-order chi connectivity index (χ0) is 14.8. The van der Waals surface area contributed by atoms with Crippen molar-refractivity contribution in [3.63, 3.8) is 0 Å². The molecule has 0 saturated heterocycles. The predicted molar refractivity (Wildman–Crippen MR) is 87.2 cm³/mol. The van der Waals surface area contributed by atoms with Gasteiger partial charge in [-0.15, -0.1) is 0 Å². The molecule has 0 bridgehead atoms. The fourth-order valence-corrected chi connectivity index (χ4v) is 2.58. The summed E-state index contributed by atoms with van der Waals surface area (Å²) in [5.74, 6) is 1.07. The van der Waals surface area contributed by atoms with Crippen LogP contribution in [-0.4, -0.2) is 25.6 Å². The Morgan fingerprint density at radius 1 is 1.20 bits per heavy atom. The van der Waals surface area contributed by atoms with Gasteiger partial charge in [0.15, 0.2) is 0 Å². The van der Waals surface area contributed by atoms with Gasteiger partial charge in [0.2, 0.25) is 0 Å². The topological polar surface area (TPSA) is 28.2 Å². The minimum Gasteiger partial charge on any atom is -0.359 e. The van der Waals surface area contributed by atoms with Crippen molar-refractivity contribution in [2.75, 3.05) is 25.5 Å². The smallest absolute Gasteiger partial charge is 0.136 e. The lowest BCUT2D eigenvalue weighted by Crippen LogP contribution is -2.30. The Morgan fingerprint density at radius 2 is 1.90 bits per heavy atom. The van der Waals surface area contributed by atoms with E-state index >= 15 is 0 Å². The molecule has 0 fully saturated rings. The standard InChI is InChI=1S/C17H25N3/c1-17(2,3)12-20(5)16-15-9-7-6-8-13(15)10-14(19-16)11-18-4/h6-10,18H,11-12H2,1-5H3. The molecule has 0 radical (unpaired) electrons. The van der Waals surface area contributed by atoms with Gasteiger partial charge in [-0.05, 0) is 23.9 Å². The van der Waals surface area contributed by atoms with Gasteiger partial charge in [0.05, 0.1) is 5.69 Å². The molecule has 0 aliphatic rings. The van der Waals surface area contributed by atoms with E-state index in [-0.39, 0.29) is 5.41 Å². The molecule has 0 atom stereocenters. The number of benzene rings is 1. The van der Waals surface area contributed by atoms with Gasteiger partial charge in [-0.2, -0.15) is 0 Å². The highest BCUT2D eigenvalue weighted by Crippen LogP contribution is 2.27. The van der Waals surface area contributed by atoms with E-state index in [4.69, 9.17) is 4.98 Å². The van der Waals surface area contributed by atoms with Crippen LogP contribution >= 0.6 is 0 Å². The van der Waals surface area contributed by atoms with Crippen LogP contribution in [0.3, 0.4) is 0 Å². The summed E-state index contributed by atoms with van der Waals surface area (Å²) in [5.41, 5.74) is 1.33. The summed E-state index contributed by atoms with van der Waals surface area (Å²) in [6, 6.07) is 10.6. The molecule has 0 amide bonds. The number of hydrogen-bond acceptors (Lipinski definition) is 3. The maximum atomic E-state index is 4.84. The molecule has 3 heteroatoms. The maximum Gasteiger partial charge on any atom is 0.136 e. The second-order valence-electron chi connectivity index (χ2n) is 6.61. The van der Waals surface area contributed by atoms with Gasteiger partial charge in [0, 0.05) is 25.5 Å². The lowest BCUT2D eigenvalue weighted by molar-refractivity contribution is 0.418. The lowest BCUT2D eigenvalue weighted by atomic mass is 9.96. The summed E-state index contributed by atoms with van der Waals surface area (Å²) in [5, 5.41) is 5.66. The molecule has 0 aliphatic carbocycles. The van der Waals surface area contributed by atoms with Crippen molar-refractivity contribution >= 4 is 16.6 Å². The van der Waals surface area contributed by atoms with Crippen molar-refractivity contribution in [1.29, 1.82) is 0 Å². The average Bonchev–Trinajstić information content (AvgIpc) is 2.36. The zero-order valence-corrected chi connectivity index (χ0v) is 13.2. The minimum atomic E-state index is 0.247. The Bertz CT molecular complexity index is 584. The molecule has 0 saturated carbocycles. The number of anilines is 1.